The maximum atomic E-state index is 13.0. The minimum absolute atomic E-state index is 0.113. The summed E-state index contributed by atoms with van der Waals surface area (Å²) in [6.45, 7) is 2.93. The molecular formula is C20H18ClNO2. The van der Waals surface area contributed by atoms with Gasteiger partial charge in [0, 0.05) is 6.54 Å². The zero-order valence-corrected chi connectivity index (χ0v) is 14.2. The average molecular weight is 340 g/mol. The molecule has 24 heavy (non-hydrogen) atoms. The van der Waals surface area contributed by atoms with Crippen molar-refractivity contribution in [3.63, 3.8) is 0 Å². The number of nitrogens with zero attached hydrogens (tertiary/aromatic N) is 1. The van der Waals surface area contributed by atoms with Crippen LogP contribution in [0.1, 0.15) is 27.2 Å². The number of furan rings is 1. The molecule has 2 aromatic carbocycles. The van der Waals surface area contributed by atoms with Gasteiger partial charge in [0.25, 0.3) is 5.91 Å². The van der Waals surface area contributed by atoms with Crippen LogP contribution in [0.2, 0.25) is 5.02 Å². The molecule has 0 radical (unpaired) electrons. The van der Waals surface area contributed by atoms with Crippen LogP contribution in [0.4, 0.5) is 0 Å². The summed E-state index contributed by atoms with van der Waals surface area (Å²) in [6.07, 6.45) is 1.61. The molecule has 0 N–H and O–H groups in total. The number of aryl methyl sites for hydroxylation is 1. The third kappa shape index (κ3) is 3.87. The lowest BCUT2D eigenvalue weighted by atomic mass is 10.1. The summed E-state index contributed by atoms with van der Waals surface area (Å²) in [7, 11) is 0. The second kappa shape index (κ2) is 7.37. The van der Waals surface area contributed by atoms with Crippen LogP contribution >= 0.6 is 11.6 Å². The molecule has 0 fully saturated rings. The van der Waals surface area contributed by atoms with E-state index in [0.717, 1.165) is 11.3 Å². The van der Waals surface area contributed by atoms with Crippen molar-refractivity contribution in [3.05, 3.63) is 94.4 Å². The normalized spacial score (nSPS) is 10.6. The first kappa shape index (κ1) is 16.3. The molecule has 3 aromatic rings. The Morgan fingerprint density at radius 2 is 1.75 bits per heavy atom. The molecule has 0 bridgehead atoms. The van der Waals surface area contributed by atoms with Crippen LogP contribution in [0.25, 0.3) is 0 Å². The first-order valence-electron chi connectivity index (χ1n) is 7.75. The highest BCUT2D eigenvalue weighted by atomic mass is 35.5. The number of hydrogen-bond donors (Lipinski definition) is 0. The largest absolute Gasteiger partial charge is 0.467 e. The molecule has 0 aliphatic heterocycles. The standard InChI is InChI=1S/C20H18ClNO2/c1-15-8-10-16(11-9-15)13-22(14-17-5-4-12-24-17)20(23)18-6-2-3-7-19(18)21/h2-12H,13-14H2,1H3. The Morgan fingerprint density at radius 1 is 1.00 bits per heavy atom. The second-order valence-electron chi connectivity index (χ2n) is 5.71. The molecule has 0 saturated heterocycles. The maximum Gasteiger partial charge on any atom is 0.256 e. The van der Waals surface area contributed by atoms with E-state index in [1.165, 1.54) is 5.56 Å². The lowest BCUT2D eigenvalue weighted by Crippen LogP contribution is -2.30. The van der Waals surface area contributed by atoms with Crippen molar-refractivity contribution in [3.8, 4) is 0 Å². The van der Waals surface area contributed by atoms with Crippen LogP contribution in [-0.4, -0.2) is 10.8 Å². The summed E-state index contributed by atoms with van der Waals surface area (Å²) >= 11 is 6.20. The second-order valence-corrected chi connectivity index (χ2v) is 6.11. The number of hydrogen-bond acceptors (Lipinski definition) is 2. The van der Waals surface area contributed by atoms with Crippen LogP contribution in [0.5, 0.6) is 0 Å². The number of benzene rings is 2. The van der Waals surface area contributed by atoms with E-state index >= 15 is 0 Å². The molecule has 0 aliphatic carbocycles. The van der Waals surface area contributed by atoms with Gasteiger partial charge < -0.3 is 9.32 Å². The SMILES string of the molecule is Cc1ccc(CN(Cc2ccco2)C(=O)c2ccccc2Cl)cc1. The molecule has 1 amide bonds. The lowest BCUT2D eigenvalue weighted by molar-refractivity contribution is 0.0718. The lowest BCUT2D eigenvalue weighted by Gasteiger charge is -2.22. The summed E-state index contributed by atoms with van der Waals surface area (Å²) in [6, 6.07) is 18.9. The van der Waals surface area contributed by atoms with Crippen molar-refractivity contribution in [1.82, 2.24) is 4.90 Å². The van der Waals surface area contributed by atoms with E-state index in [4.69, 9.17) is 16.0 Å². The smallest absolute Gasteiger partial charge is 0.256 e. The average Bonchev–Trinajstić information content (AvgIpc) is 3.09. The van der Waals surface area contributed by atoms with Gasteiger partial charge in [-0.05, 0) is 36.8 Å². The van der Waals surface area contributed by atoms with Gasteiger partial charge in [-0.3, -0.25) is 4.79 Å². The first-order chi connectivity index (χ1) is 11.6. The highest BCUT2D eigenvalue weighted by Crippen LogP contribution is 2.20. The summed E-state index contributed by atoms with van der Waals surface area (Å²) in [5, 5.41) is 0.454. The van der Waals surface area contributed by atoms with Gasteiger partial charge in [-0.2, -0.15) is 0 Å². The Hall–Kier alpha value is -2.52. The third-order valence-electron chi connectivity index (χ3n) is 3.81. The highest BCUT2D eigenvalue weighted by Gasteiger charge is 2.19. The molecule has 0 unspecified atom stereocenters. The van der Waals surface area contributed by atoms with E-state index in [0.29, 0.717) is 23.7 Å². The fraction of sp³-hybridized carbons (Fsp3) is 0.150. The molecule has 0 saturated carbocycles. The molecule has 3 nitrogen and oxygen atoms in total. The molecule has 3 rings (SSSR count). The number of carbonyl (C=O) groups excluding carboxylic acids is 1. The summed E-state index contributed by atoms with van der Waals surface area (Å²) in [5.74, 6) is 0.625. The van der Waals surface area contributed by atoms with E-state index in [1.807, 2.05) is 55.5 Å². The van der Waals surface area contributed by atoms with Gasteiger partial charge in [-0.15, -0.1) is 0 Å². The molecule has 1 heterocycles. The Balaban J connectivity index is 1.87. The minimum Gasteiger partial charge on any atom is -0.467 e. The topological polar surface area (TPSA) is 33.5 Å². The van der Waals surface area contributed by atoms with Gasteiger partial charge in [0.1, 0.15) is 5.76 Å². The summed E-state index contributed by atoms with van der Waals surface area (Å²) in [5.41, 5.74) is 2.75. The molecule has 122 valence electrons. The van der Waals surface area contributed by atoms with Gasteiger partial charge in [0.05, 0.1) is 23.4 Å². The van der Waals surface area contributed by atoms with E-state index in [2.05, 4.69) is 0 Å². The summed E-state index contributed by atoms with van der Waals surface area (Å²) < 4.78 is 5.41. The monoisotopic (exact) mass is 339 g/mol. The van der Waals surface area contributed by atoms with Crippen LogP contribution in [-0.2, 0) is 13.1 Å². The molecule has 0 atom stereocenters. The Bertz CT molecular complexity index is 810. The maximum absolute atomic E-state index is 13.0. The van der Waals surface area contributed by atoms with Crippen molar-refractivity contribution in [2.75, 3.05) is 0 Å². The predicted octanol–water partition coefficient (Wildman–Crippen LogP) is 5.08. The molecule has 0 spiro atoms. The van der Waals surface area contributed by atoms with Crippen LogP contribution in [0, 0.1) is 6.92 Å². The van der Waals surface area contributed by atoms with Crippen LogP contribution in [0.15, 0.2) is 71.3 Å². The Kier molecular flexibility index (Phi) is 5.02. The van der Waals surface area contributed by atoms with Gasteiger partial charge in [-0.25, -0.2) is 0 Å². The summed E-state index contributed by atoms with van der Waals surface area (Å²) in [4.78, 5) is 14.7. The van der Waals surface area contributed by atoms with Gasteiger partial charge in [-0.1, -0.05) is 53.6 Å². The molecule has 4 heteroatoms. The van der Waals surface area contributed by atoms with E-state index < -0.39 is 0 Å². The Morgan fingerprint density at radius 3 is 2.42 bits per heavy atom. The predicted molar refractivity (Wildman–Crippen MR) is 94.9 cm³/mol. The third-order valence-corrected chi connectivity index (χ3v) is 4.14. The van der Waals surface area contributed by atoms with Crippen molar-refractivity contribution in [2.45, 2.75) is 20.0 Å². The number of carbonyl (C=O) groups is 1. The first-order valence-corrected chi connectivity index (χ1v) is 8.13. The zero-order valence-electron chi connectivity index (χ0n) is 13.4. The van der Waals surface area contributed by atoms with Crippen molar-refractivity contribution >= 4 is 17.5 Å². The molecular weight excluding hydrogens is 322 g/mol. The Labute approximate surface area is 146 Å². The number of halogens is 1. The quantitative estimate of drug-likeness (QED) is 0.649. The van der Waals surface area contributed by atoms with Gasteiger partial charge in [0.2, 0.25) is 0 Å². The van der Waals surface area contributed by atoms with Crippen molar-refractivity contribution < 1.29 is 9.21 Å². The van der Waals surface area contributed by atoms with Crippen LogP contribution < -0.4 is 0 Å². The van der Waals surface area contributed by atoms with Crippen molar-refractivity contribution in [2.24, 2.45) is 0 Å². The molecule has 0 aliphatic rings. The number of amides is 1. The zero-order chi connectivity index (χ0) is 16.9. The van der Waals surface area contributed by atoms with Crippen molar-refractivity contribution in [1.29, 1.82) is 0 Å². The van der Waals surface area contributed by atoms with E-state index in [1.54, 1.807) is 23.3 Å². The van der Waals surface area contributed by atoms with Crippen LogP contribution in [0.3, 0.4) is 0 Å². The minimum atomic E-state index is -0.113. The molecule has 1 aromatic heterocycles. The van der Waals surface area contributed by atoms with E-state index in [9.17, 15) is 4.79 Å². The number of rotatable bonds is 5. The fourth-order valence-electron chi connectivity index (χ4n) is 2.51. The van der Waals surface area contributed by atoms with Gasteiger partial charge >= 0.3 is 0 Å². The highest BCUT2D eigenvalue weighted by molar-refractivity contribution is 6.33. The van der Waals surface area contributed by atoms with E-state index in [-0.39, 0.29) is 5.91 Å². The van der Waals surface area contributed by atoms with Gasteiger partial charge in [0.15, 0.2) is 0 Å². The fourth-order valence-corrected chi connectivity index (χ4v) is 2.73.